The van der Waals surface area contributed by atoms with Gasteiger partial charge < -0.3 is 14.3 Å². The highest BCUT2D eigenvalue weighted by Crippen LogP contribution is 2.24. The molecule has 0 saturated heterocycles. The summed E-state index contributed by atoms with van der Waals surface area (Å²) in [6, 6.07) is 6.26. The summed E-state index contributed by atoms with van der Waals surface area (Å²) in [4.78, 5) is 4.81. The van der Waals surface area contributed by atoms with Crippen LogP contribution in [0.3, 0.4) is 0 Å². The van der Waals surface area contributed by atoms with Crippen molar-refractivity contribution in [2.75, 3.05) is 20.3 Å². The van der Waals surface area contributed by atoms with Crippen LogP contribution in [-0.4, -0.2) is 35.8 Å². The molecule has 2 aromatic rings. The van der Waals surface area contributed by atoms with Crippen LogP contribution in [0, 0.1) is 13.8 Å². The Bertz CT molecular complexity index is 908. The molecule has 1 aromatic carbocycles. The van der Waals surface area contributed by atoms with Gasteiger partial charge in [0, 0.05) is 13.1 Å². The zero-order valence-electron chi connectivity index (χ0n) is 22.0. The minimum atomic E-state index is 0.634. The zero-order valence-corrected chi connectivity index (χ0v) is 22.0. The first-order valence-electron chi connectivity index (χ1n) is 12.5. The van der Waals surface area contributed by atoms with Gasteiger partial charge in [-0.2, -0.15) is 5.10 Å². The van der Waals surface area contributed by atoms with Gasteiger partial charge >= 0.3 is 0 Å². The van der Waals surface area contributed by atoms with Crippen molar-refractivity contribution in [1.82, 2.24) is 9.78 Å². The Morgan fingerprint density at radius 3 is 2.26 bits per heavy atom. The van der Waals surface area contributed by atoms with Crippen LogP contribution in [0.2, 0.25) is 0 Å². The molecule has 0 aliphatic carbocycles. The van der Waals surface area contributed by atoms with Gasteiger partial charge in [0.1, 0.15) is 30.9 Å². The molecule has 0 unspecified atom stereocenters. The van der Waals surface area contributed by atoms with Crippen molar-refractivity contribution in [1.29, 1.82) is 0 Å². The van der Waals surface area contributed by atoms with Crippen molar-refractivity contribution in [3.05, 3.63) is 52.7 Å². The average molecular weight is 470 g/mol. The Labute approximate surface area is 206 Å². The van der Waals surface area contributed by atoms with E-state index < -0.39 is 0 Å². The Balaban J connectivity index is 1.57. The molecule has 1 heterocycles. The van der Waals surface area contributed by atoms with E-state index in [1.54, 1.807) is 4.68 Å². The highest BCUT2D eigenvalue weighted by Gasteiger charge is 2.09. The maximum Gasteiger partial charge on any atom is 0.212 e. The minimum absolute atomic E-state index is 0.634. The van der Waals surface area contributed by atoms with E-state index in [4.69, 9.17) is 14.3 Å². The highest BCUT2D eigenvalue weighted by atomic mass is 16.6. The van der Waals surface area contributed by atoms with E-state index >= 15 is 0 Å². The number of hydrogen-bond donors (Lipinski definition) is 0. The molecule has 0 N–H and O–H groups in total. The molecule has 0 saturated carbocycles. The van der Waals surface area contributed by atoms with Gasteiger partial charge in [-0.05, 0) is 75.8 Å². The third kappa shape index (κ3) is 9.24. The number of ether oxygens (including phenoxy) is 2. The van der Waals surface area contributed by atoms with Crippen LogP contribution in [0.5, 0.6) is 11.6 Å². The van der Waals surface area contributed by atoms with Gasteiger partial charge in [0.2, 0.25) is 5.88 Å². The molecular weight excluding hydrogens is 426 g/mol. The van der Waals surface area contributed by atoms with E-state index in [1.807, 2.05) is 39.1 Å². The summed E-state index contributed by atoms with van der Waals surface area (Å²) in [6.07, 6.45) is 13.8. The fourth-order valence-electron chi connectivity index (χ4n) is 4.08. The van der Waals surface area contributed by atoms with Crippen LogP contribution >= 0.6 is 0 Å². The summed E-state index contributed by atoms with van der Waals surface area (Å²) in [7, 11) is 3.42. The Morgan fingerprint density at radius 1 is 0.971 bits per heavy atom. The van der Waals surface area contributed by atoms with Crippen LogP contribution < -0.4 is 9.47 Å². The minimum Gasteiger partial charge on any atom is -0.490 e. The van der Waals surface area contributed by atoms with E-state index in [1.165, 1.54) is 62.3 Å². The van der Waals surface area contributed by atoms with Gasteiger partial charge in [0.05, 0.1) is 6.61 Å². The first-order valence-corrected chi connectivity index (χ1v) is 12.5. The molecule has 34 heavy (non-hydrogen) atoms. The number of hydrogen-bond acceptors (Lipinski definition) is 5. The van der Waals surface area contributed by atoms with Crippen LogP contribution in [-0.2, 0) is 18.3 Å². The maximum absolute atomic E-state index is 5.89. The first-order chi connectivity index (χ1) is 16.5. The largest absolute Gasteiger partial charge is 0.490 e. The smallest absolute Gasteiger partial charge is 0.212 e. The molecule has 2 rings (SSSR count). The van der Waals surface area contributed by atoms with Gasteiger partial charge in [-0.15, -0.1) is 0 Å². The van der Waals surface area contributed by atoms with Crippen LogP contribution in [0.1, 0.15) is 81.2 Å². The first kappa shape index (κ1) is 27.5. The van der Waals surface area contributed by atoms with Crippen molar-refractivity contribution in [3.63, 3.8) is 0 Å². The van der Waals surface area contributed by atoms with E-state index in [0.29, 0.717) is 13.2 Å². The number of aryl methyl sites for hydroxylation is 3. The molecule has 0 aliphatic heterocycles. The molecular formula is C28H43N3O3. The number of aromatic nitrogens is 2. The van der Waals surface area contributed by atoms with Crippen molar-refractivity contribution < 1.29 is 14.3 Å². The summed E-state index contributed by atoms with van der Waals surface area (Å²) in [5.74, 6) is 1.74. The monoisotopic (exact) mass is 469 g/mol. The summed E-state index contributed by atoms with van der Waals surface area (Å²) in [6.45, 7) is 9.64. The van der Waals surface area contributed by atoms with Crippen molar-refractivity contribution >= 4 is 5.71 Å². The number of rotatable bonds is 16. The third-order valence-corrected chi connectivity index (χ3v) is 6.01. The van der Waals surface area contributed by atoms with Gasteiger partial charge in [-0.1, -0.05) is 49.4 Å². The van der Waals surface area contributed by atoms with Crippen molar-refractivity contribution in [2.45, 2.75) is 79.1 Å². The van der Waals surface area contributed by atoms with Crippen LogP contribution in [0.25, 0.3) is 0 Å². The highest BCUT2D eigenvalue weighted by molar-refractivity contribution is 5.96. The summed E-state index contributed by atoms with van der Waals surface area (Å²) in [5, 5.41) is 8.33. The predicted molar refractivity (Wildman–Crippen MR) is 140 cm³/mol. The fraction of sp³-hybridized carbons (Fsp3) is 0.571. The van der Waals surface area contributed by atoms with Crippen molar-refractivity contribution in [2.24, 2.45) is 12.2 Å². The van der Waals surface area contributed by atoms with Crippen molar-refractivity contribution in [3.8, 4) is 11.6 Å². The SMILES string of the molecule is C/C=C/COc1cc(C)c(CCCCCCCCCOc2cc(C(C)=NOC)nn2C)c(C)c1. The summed E-state index contributed by atoms with van der Waals surface area (Å²) >= 11 is 0. The second-order valence-electron chi connectivity index (χ2n) is 8.84. The molecule has 0 atom stereocenters. The molecule has 6 nitrogen and oxygen atoms in total. The molecule has 0 radical (unpaired) electrons. The lowest BCUT2D eigenvalue weighted by Crippen LogP contribution is -2.02. The molecule has 0 bridgehead atoms. The van der Waals surface area contributed by atoms with Gasteiger partial charge in [0.15, 0.2) is 0 Å². The average Bonchev–Trinajstić information content (AvgIpc) is 3.17. The Kier molecular flexibility index (Phi) is 12.3. The quantitative estimate of drug-likeness (QED) is 0.119. The lowest BCUT2D eigenvalue weighted by atomic mass is 9.96. The predicted octanol–water partition coefficient (Wildman–Crippen LogP) is 6.71. The topological polar surface area (TPSA) is 57.9 Å². The summed E-state index contributed by atoms with van der Waals surface area (Å²) in [5.41, 5.74) is 5.69. The van der Waals surface area contributed by atoms with Gasteiger partial charge in [0.25, 0.3) is 0 Å². The zero-order chi connectivity index (χ0) is 24.8. The molecule has 188 valence electrons. The van der Waals surface area contributed by atoms with E-state index in [-0.39, 0.29) is 0 Å². The fourth-order valence-corrected chi connectivity index (χ4v) is 4.08. The molecule has 6 heteroatoms. The Hall–Kier alpha value is -2.76. The lowest BCUT2D eigenvalue weighted by molar-refractivity contribution is 0.213. The Morgan fingerprint density at radius 2 is 1.62 bits per heavy atom. The number of benzene rings is 1. The van der Waals surface area contributed by atoms with Gasteiger partial charge in [-0.3, -0.25) is 0 Å². The van der Waals surface area contributed by atoms with E-state index in [2.05, 4.69) is 36.2 Å². The maximum atomic E-state index is 5.89. The number of oxime groups is 1. The van der Waals surface area contributed by atoms with Crippen LogP contribution in [0.4, 0.5) is 0 Å². The van der Waals surface area contributed by atoms with E-state index in [9.17, 15) is 0 Å². The third-order valence-electron chi connectivity index (χ3n) is 6.01. The van der Waals surface area contributed by atoms with Gasteiger partial charge in [-0.25, -0.2) is 4.68 Å². The molecule has 0 spiro atoms. The number of nitrogens with zero attached hydrogens (tertiary/aromatic N) is 3. The number of unbranched alkanes of at least 4 members (excludes halogenated alkanes) is 6. The molecule has 0 fully saturated rings. The normalized spacial score (nSPS) is 11.9. The molecule has 1 aromatic heterocycles. The summed E-state index contributed by atoms with van der Waals surface area (Å²) < 4.78 is 13.4. The molecule has 0 amide bonds. The lowest BCUT2D eigenvalue weighted by Gasteiger charge is -2.13. The second kappa shape index (κ2) is 15.2. The van der Waals surface area contributed by atoms with Crippen LogP contribution in [0.15, 0.2) is 35.5 Å². The number of allylic oxidation sites excluding steroid dienone is 1. The molecule has 0 aliphatic rings. The second-order valence-corrected chi connectivity index (χ2v) is 8.84. The standard InChI is InChI=1S/C28H43N3O3/c1-7-8-17-33-25-19-22(2)26(23(3)20-25)16-14-12-10-9-11-13-15-18-34-28-21-27(29-31(28)5)24(4)30-32-6/h7-8,19-21H,9-18H2,1-6H3/b8-7+,30-24?. The van der Waals surface area contributed by atoms with E-state index in [0.717, 1.165) is 35.9 Å².